The Morgan fingerprint density at radius 1 is 1.19 bits per heavy atom. The molecule has 0 radical (unpaired) electrons. The Labute approximate surface area is 122 Å². The summed E-state index contributed by atoms with van der Waals surface area (Å²) in [5.41, 5.74) is 1.54. The molecule has 6 heteroatoms. The van der Waals surface area contributed by atoms with Crippen molar-refractivity contribution in [1.82, 2.24) is 0 Å². The lowest BCUT2D eigenvalue weighted by atomic mass is 10.2. The fourth-order valence-electron chi connectivity index (χ4n) is 1.85. The predicted molar refractivity (Wildman–Crippen MR) is 80.0 cm³/mol. The molecule has 0 amide bonds. The molecule has 0 heterocycles. The minimum Gasteiger partial charge on any atom is -0.497 e. The Bertz CT molecular complexity index is 643. The third-order valence-electron chi connectivity index (χ3n) is 2.93. The number of hydrogen-bond donors (Lipinski definition) is 1. The molecule has 2 aromatic rings. The van der Waals surface area contributed by atoms with Gasteiger partial charge in [0.25, 0.3) is 5.69 Å². The quantitative estimate of drug-likeness (QED) is 0.652. The van der Waals surface area contributed by atoms with Crippen LogP contribution in [0.3, 0.4) is 0 Å². The Kier molecular flexibility index (Phi) is 4.61. The van der Waals surface area contributed by atoms with Crippen molar-refractivity contribution in [3.63, 3.8) is 0 Å². The molecule has 0 saturated carbocycles. The molecule has 21 heavy (non-hydrogen) atoms. The van der Waals surface area contributed by atoms with E-state index in [-0.39, 0.29) is 5.69 Å². The molecule has 2 aromatic carbocycles. The molecule has 1 N–H and O–H groups in total. The van der Waals surface area contributed by atoms with Gasteiger partial charge >= 0.3 is 0 Å². The molecular weight excluding hydrogens is 272 g/mol. The standard InChI is InChI=1S/C15H16N2O4/c1-16-12-7-13(17(18)19)9-15(8-12)21-10-11-4-3-5-14(6-11)20-2/h3-9,16H,10H2,1-2H3. The van der Waals surface area contributed by atoms with Crippen LogP contribution in [0.5, 0.6) is 11.5 Å². The summed E-state index contributed by atoms with van der Waals surface area (Å²) in [5, 5.41) is 13.8. The van der Waals surface area contributed by atoms with E-state index >= 15 is 0 Å². The number of nitrogens with zero attached hydrogens (tertiary/aromatic N) is 1. The summed E-state index contributed by atoms with van der Waals surface area (Å²) in [6.07, 6.45) is 0. The minimum absolute atomic E-state index is 0.0116. The average Bonchev–Trinajstić information content (AvgIpc) is 2.52. The van der Waals surface area contributed by atoms with Gasteiger partial charge in [0, 0.05) is 24.9 Å². The predicted octanol–water partition coefficient (Wildman–Crippen LogP) is 3.22. The van der Waals surface area contributed by atoms with Gasteiger partial charge in [0.15, 0.2) is 0 Å². The number of benzene rings is 2. The van der Waals surface area contributed by atoms with Gasteiger partial charge in [-0.25, -0.2) is 0 Å². The van der Waals surface area contributed by atoms with E-state index in [9.17, 15) is 10.1 Å². The first-order valence-corrected chi connectivity index (χ1v) is 6.35. The van der Waals surface area contributed by atoms with Gasteiger partial charge in [-0.1, -0.05) is 12.1 Å². The van der Waals surface area contributed by atoms with Crippen LogP contribution in [0.4, 0.5) is 11.4 Å². The van der Waals surface area contributed by atoms with E-state index in [1.807, 2.05) is 24.3 Å². The molecule has 0 aliphatic carbocycles. The van der Waals surface area contributed by atoms with Crippen molar-refractivity contribution in [2.24, 2.45) is 0 Å². The summed E-state index contributed by atoms with van der Waals surface area (Å²) >= 11 is 0. The number of nitro benzene ring substituents is 1. The number of hydrogen-bond acceptors (Lipinski definition) is 5. The van der Waals surface area contributed by atoms with Gasteiger partial charge in [-0.05, 0) is 17.7 Å². The molecule has 0 aromatic heterocycles. The largest absolute Gasteiger partial charge is 0.497 e. The lowest BCUT2D eigenvalue weighted by molar-refractivity contribution is -0.384. The van der Waals surface area contributed by atoms with Crippen LogP contribution >= 0.6 is 0 Å². The molecule has 110 valence electrons. The second kappa shape index (κ2) is 6.60. The number of ether oxygens (including phenoxy) is 2. The van der Waals surface area contributed by atoms with E-state index in [0.29, 0.717) is 18.0 Å². The van der Waals surface area contributed by atoms with Crippen LogP contribution in [0.2, 0.25) is 0 Å². The Hall–Kier alpha value is -2.76. The van der Waals surface area contributed by atoms with Gasteiger partial charge in [-0.2, -0.15) is 0 Å². The first kappa shape index (κ1) is 14.6. The number of rotatable bonds is 6. The molecule has 0 atom stereocenters. The molecule has 6 nitrogen and oxygen atoms in total. The number of methoxy groups -OCH3 is 1. The SMILES string of the molecule is CNc1cc(OCc2cccc(OC)c2)cc([N+](=O)[O-])c1. The molecular formula is C15H16N2O4. The highest BCUT2D eigenvalue weighted by atomic mass is 16.6. The maximum Gasteiger partial charge on any atom is 0.275 e. The lowest BCUT2D eigenvalue weighted by Gasteiger charge is -2.09. The Balaban J connectivity index is 2.15. The van der Waals surface area contributed by atoms with Crippen molar-refractivity contribution in [2.45, 2.75) is 6.61 Å². The topological polar surface area (TPSA) is 73.6 Å². The highest BCUT2D eigenvalue weighted by Crippen LogP contribution is 2.26. The number of nitrogens with one attached hydrogen (secondary N) is 1. The second-order valence-electron chi connectivity index (χ2n) is 4.36. The lowest BCUT2D eigenvalue weighted by Crippen LogP contribution is -1.98. The molecule has 0 aliphatic rings. The maximum absolute atomic E-state index is 10.9. The molecule has 0 spiro atoms. The number of nitro groups is 1. The fourth-order valence-corrected chi connectivity index (χ4v) is 1.85. The van der Waals surface area contributed by atoms with Crippen LogP contribution in [0.25, 0.3) is 0 Å². The zero-order valence-corrected chi connectivity index (χ0v) is 11.8. The van der Waals surface area contributed by atoms with Crippen molar-refractivity contribution < 1.29 is 14.4 Å². The average molecular weight is 288 g/mol. The third-order valence-corrected chi connectivity index (χ3v) is 2.93. The van der Waals surface area contributed by atoms with Crippen molar-refractivity contribution in [3.05, 3.63) is 58.1 Å². The maximum atomic E-state index is 10.9. The van der Waals surface area contributed by atoms with Crippen molar-refractivity contribution in [1.29, 1.82) is 0 Å². The summed E-state index contributed by atoms with van der Waals surface area (Å²) < 4.78 is 10.8. The fraction of sp³-hybridized carbons (Fsp3) is 0.200. The highest BCUT2D eigenvalue weighted by Gasteiger charge is 2.10. The van der Waals surface area contributed by atoms with Gasteiger partial charge in [0.05, 0.1) is 18.1 Å². The van der Waals surface area contributed by atoms with Crippen LogP contribution in [0, 0.1) is 10.1 Å². The van der Waals surface area contributed by atoms with Crippen molar-refractivity contribution in [2.75, 3.05) is 19.5 Å². The van der Waals surface area contributed by atoms with E-state index in [4.69, 9.17) is 9.47 Å². The smallest absolute Gasteiger partial charge is 0.275 e. The molecule has 0 aliphatic heterocycles. The normalized spacial score (nSPS) is 10.0. The number of anilines is 1. The van der Waals surface area contributed by atoms with Crippen LogP contribution in [0.15, 0.2) is 42.5 Å². The van der Waals surface area contributed by atoms with E-state index in [2.05, 4.69) is 5.32 Å². The van der Waals surface area contributed by atoms with E-state index in [0.717, 1.165) is 11.3 Å². The van der Waals surface area contributed by atoms with Crippen LogP contribution in [-0.2, 0) is 6.61 Å². The van der Waals surface area contributed by atoms with E-state index in [1.165, 1.54) is 12.1 Å². The summed E-state index contributed by atoms with van der Waals surface area (Å²) in [7, 11) is 3.30. The summed E-state index contributed by atoms with van der Waals surface area (Å²) in [6, 6.07) is 12.0. The van der Waals surface area contributed by atoms with Gasteiger partial charge in [-0.3, -0.25) is 10.1 Å². The molecule has 0 fully saturated rings. The van der Waals surface area contributed by atoms with Gasteiger partial charge in [0.2, 0.25) is 0 Å². The molecule has 0 unspecified atom stereocenters. The first-order chi connectivity index (χ1) is 10.1. The summed E-state index contributed by atoms with van der Waals surface area (Å²) in [4.78, 5) is 10.4. The first-order valence-electron chi connectivity index (χ1n) is 6.35. The van der Waals surface area contributed by atoms with Gasteiger partial charge in [-0.15, -0.1) is 0 Å². The summed E-state index contributed by atoms with van der Waals surface area (Å²) in [6.45, 7) is 0.307. The van der Waals surface area contributed by atoms with E-state index in [1.54, 1.807) is 20.2 Å². The van der Waals surface area contributed by atoms with E-state index < -0.39 is 4.92 Å². The molecule has 0 bridgehead atoms. The van der Waals surface area contributed by atoms with Crippen LogP contribution < -0.4 is 14.8 Å². The van der Waals surface area contributed by atoms with Crippen LogP contribution in [-0.4, -0.2) is 19.1 Å². The highest BCUT2D eigenvalue weighted by molar-refractivity contribution is 5.56. The zero-order chi connectivity index (χ0) is 15.2. The Morgan fingerprint density at radius 3 is 2.67 bits per heavy atom. The minimum atomic E-state index is -0.445. The summed E-state index contributed by atoms with van der Waals surface area (Å²) in [5.74, 6) is 1.18. The molecule has 0 saturated heterocycles. The molecule has 2 rings (SSSR count). The Morgan fingerprint density at radius 2 is 2.00 bits per heavy atom. The number of non-ortho nitro benzene ring substituents is 1. The monoisotopic (exact) mass is 288 g/mol. The van der Waals surface area contributed by atoms with Gasteiger partial charge < -0.3 is 14.8 Å². The van der Waals surface area contributed by atoms with Gasteiger partial charge in [0.1, 0.15) is 18.1 Å². The zero-order valence-electron chi connectivity index (χ0n) is 11.8. The van der Waals surface area contributed by atoms with Crippen LogP contribution in [0.1, 0.15) is 5.56 Å². The second-order valence-corrected chi connectivity index (χ2v) is 4.36. The van der Waals surface area contributed by atoms with Crippen molar-refractivity contribution in [3.8, 4) is 11.5 Å². The van der Waals surface area contributed by atoms with Crippen molar-refractivity contribution >= 4 is 11.4 Å². The third kappa shape index (κ3) is 3.85.